The van der Waals surface area contributed by atoms with Crippen molar-refractivity contribution in [2.24, 2.45) is 7.05 Å². The Morgan fingerprint density at radius 3 is 2.53 bits per heavy atom. The first-order chi connectivity index (χ1) is 17.5. The summed E-state index contributed by atoms with van der Waals surface area (Å²) in [6.07, 6.45) is 7.49. The third-order valence-corrected chi connectivity index (χ3v) is 8.04. The van der Waals surface area contributed by atoms with Gasteiger partial charge >= 0.3 is 0 Å². The van der Waals surface area contributed by atoms with Crippen molar-refractivity contribution in [3.63, 3.8) is 0 Å². The normalized spacial score (nSPS) is 19.0. The molecule has 0 saturated carbocycles. The average Bonchev–Trinajstić information content (AvgIpc) is 3.05. The monoisotopic (exact) mass is 516 g/mol. The molecule has 0 spiro atoms. The molecule has 3 heterocycles. The van der Waals surface area contributed by atoms with Gasteiger partial charge in [0.1, 0.15) is 12.3 Å². The Morgan fingerprint density at radius 2 is 1.86 bits per heavy atom. The van der Waals surface area contributed by atoms with E-state index in [2.05, 4.69) is 40.8 Å². The number of aldehydes is 1. The van der Waals surface area contributed by atoms with E-state index in [1.165, 1.54) is 25.7 Å². The molecule has 1 aromatic carbocycles. The van der Waals surface area contributed by atoms with E-state index in [1.807, 2.05) is 31.1 Å². The first kappa shape index (κ1) is 28.7. The topological polar surface area (TPSA) is 66.8 Å². The zero-order valence-corrected chi connectivity index (χ0v) is 23.3. The molecule has 200 valence electrons. The van der Waals surface area contributed by atoms with Crippen molar-refractivity contribution in [2.45, 2.75) is 63.1 Å². The molecule has 1 unspecified atom stereocenters. The second kappa shape index (κ2) is 14.8. The van der Waals surface area contributed by atoms with Crippen LogP contribution in [0.4, 0.5) is 0 Å². The lowest BCUT2D eigenvalue weighted by molar-refractivity contribution is -0.134. The number of aryl methyl sites for hydroxylation is 1. The zero-order valence-electron chi connectivity index (χ0n) is 22.5. The Bertz CT molecular complexity index is 969. The maximum absolute atomic E-state index is 12.9. The maximum Gasteiger partial charge on any atom is 0.233 e. The second-order valence-corrected chi connectivity index (χ2v) is 10.8. The van der Waals surface area contributed by atoms with Crippen LogP contribution >= 0.6 is 11.8 Å². The van der Waals surface area contributed by atoms with Crippen LogP contribution in [0.25, 0.3) is 10.9 Å². The summed E-state index contributed by atoms with van der Waals surface area (Å²) in [7, 11) is 3.97. The van der Waals surface area contributed by atoms with Crippen molar-refractivity contribution >= 4 is 34.9 Å². The van der Waals surface area contributed by atoms with Gasteiger partial charge in [0.15, 0.2) is 0 Å². The molecule has 2 aromatic rings. The molecule has 36 heavy (non-hydrogen) atoms. The summed E-state index contributed by atoms with van der Waals surface area (Å²) in [6, 6.07) is 7.66. The number of aromatic nitrogens is 1. The number of nitrogens with one attached hydrogen (secondary N) is 1. The molecule has 2 aliphatic rings. The number of likely N-dealkylation sites (tertiary alicyclic amines) is 1. The van der Waals surface area contributed by atoms with Crippen molar-refractivity contribution in [3.05, 3.63) is 29.8 Å². The summed E-state index contributed by atoms with van der Waals surface area (Å²) in [5.74, 6) is 0.453. The predicted molar refractivity (Wildman–Crippen MR) is 149 cm³/mol. The molecule has 1 atom stereocenters. The maximum atomic E-state index is 12.9. The van der Waals surface area contributed by atoms with Gasteiger partial charge in [0, 0.05) is 43.2 Å². The van der Waals surface area contributed by atoms with Crippen molar-refractivity contribution in [1.82, 2.24) is 19.7 Å². The number of benzene rings is 1. The standard InChI is InChI=1S/C21H27N3O2S.C7H17NO/c1-22-17-9-5-4-8-16(17)20-18(14-25)24(19(26)15-27-21(20)22)13-12-23-10-6-2-3-7-11-23;1-7(2)9-6-4-5-8-3/h4-5,8-9,14,18H,2-3,6-7,10-13,15H2,1H3;7-8H,4-6H2,1-3H3. The number of thioether (sulfide) groups is 1. The smallest absolute Gasteiger partial charge is 0.233 e. The number of fused-ring (bicyclic) bond motifs is 3. The van der Waals surface area contributed by atoms with Gasteiger partial charge in [0.05, 0.1) is 16.9 Å². The van der Waals surface area contributed by atoms with Gasteiger partial charge in [0.2, 0.25) is 5.91 Å². The lowest BCUT2D eigenvalue weighted by atomic mass is 10.1. The van der Waals surface area contributed by atoms with E-state index in [-0.39, 0.29) is 5.91 Å². The first-order valence-electron chi connectivity index (χ1n) is 13.4. The fourth-order valence-corrected chi connectivity index (χ4v) is 6.07. The summed E-state index contributed by atoms with van der Waals surface area (Å²) in [5, 5.41) is 5.18. The number of nitrogens with zero attached hydrogens (tertiary/aromatic N) is 3. The van der Waals surface area contributed by atoms with Crippen LogP contribution in [0, 0.1) is 0 Å². The number of para-hydroxylation sites is 1. The molecule has 1 saturated heterocycles. The van der Waals surface area contributed by atoms with E-state index in [0.29, 0.717) is 18.4 Å². The third-order valence-electron chi connectivity index (χ3n) is 6.88. The van der Waals surface area contributed by atoms with Crippen molar-refractivity contribution < 1.29 is 14.3 Å². The highest BCUT2D eigenvalue weighted by Crippen LogP contribution is 2.40. The Morgan fingerprint density at radius 1 is 1.14 bits per heavy atom. The number of ether oxygens (including phenoxy) is 1. The molecule has 1 aromatic heterocycles. The summed E-state index contributed by atoms with van der Waals surface area (Å²) in [4.78, 5) is 29.3. The van der Waals surface area contributed by atoms with E-state index in [0.717, 1.165) is 67.0 Å². The van der Waals surface area contributed by atoms with Crippen LogP contribution in [-0.2, 0) is 21.4 Å². The van der Waals surface area contributed by atoms with Crippen molar-refractivity contribution in [2.75, 3.05) is 52.1 Å². The zero-order chi connectivity index (χ0) is 25.9. The van der Waals surface area contributed by atoms with Crippen LogP contribution in [0.15, 0.2) is 29.3 Å². The van der Waals surface area contributed by atoms with Gasteiger partial charge < -0.3 is 29.2 Å². The van der Waals surface area contributed by atoms with Gasteiger partial charge in [0.25, 0.3) is 0 Å². The molecular weight excluding hydrogens is 472 g/mol. The molecule has 8 heteroatoms. The first-order valence-corrected chi connectivity index (χ1v) is 14.4. The van der Waals surface area contributed by atoms with Crippen molar-refractivity contribution in [3.8, 4) is 0 Å². The van der Waals surface area contributed by atoms with Gasteiger partial charge in [-0.1, -0.05) is 42.8 Å². The number of amides is 1. The van der Waals surface area contributed by atoms with Gasteiger partial charge in [-0.3, -0.25) is 4.79 Å². The second-order valence-electron chi connectivity index (χ2n) is 9.88. The SMILES string of the molecule is CNCCCOC(C)C.Cn1c2c(c3ccccc31)C(C=O)N(CCN1CCCCCC1)C(=O)CS2. The minimum atomic E-state index is -0.499. The van der Waals surface area contributed by atoms with Crippen molar-refractivity contribution in [1.29, 1.82) is 0 Å². The van der Waals surface area contributed by atoms with Gasteiger partial charge in [-0.25, -0.2) is 0 Å². The highest BCUT2D eigenvalue weighted by atomic mass is 32.2. The summed E-state index contributed by atoms with van der Waals surface area (Å²) < 4.78 is 7.43. The number of hydrogen-bond donors (Lipinski definition) is 1. The van der Waals surface area contributed by atoms with Crippen LogP contribution in [0.1, 0.15) is 57.6 Å². The van der Waals surface area contributed by atoms with E-state index in [9.17, 15) is 9.59 Å². The molecule has 2 aliphatic heterocycles. The Balaban J connectivity index is 0.000000345. The lowest BCUT2D eigenvalue weighted by Crippen LogP contribution is -2.41. The fraction of sp³-hybridized carbons (Fsp3) is 0.643. The van der Waals surface area contributed by atoms with E-state index in [4.69, 9.17) is 4.74 Å². The van der Waals surface area contributed by atoms with E-state index < -0.39 is 6.04 Å². The number of carbonyl (C=O) groups excluding carboxylic acids is 2. The number of rotatable bonds is 9. The molecule has 1 N–H and O–H groups in total. The van der Waals surface area contributed by atoms with Crippen LogP contribution < -0.4 is 5.32 Å². The Kier molecular flexibility index (Phi) is 11.8. The summed E-state index contributed by atoms with van der Waals surface area (Å²) in [5.41, 5.74) is 2.11. The molecule has 0 bridgehead atoms. The van der Waals surface area contributed by atoms with Crippen LogP contribution in [-0.4, -0.2) is 84.8 Å². The van der Waals surface area contributed by atoms with Gasteiger partial charge in [-0.05, 0) is 65.9 Å². The van der Waals surface area contributed by atoms with Gasteiger partial charge in [-0.2, -0.15) is 0 Å². The molecule has 1 fully saturated rings. The quantitative estimate of drug-likeness (QED) is 0.397. The van der Waals surface area contributed by atoms with E-state index in [1.54, 1.807) is 11.8 Å². The van der Waals surface area contributed by atoms with Crippen LogP contribution in [0.2, 0.25) is 0 Å². The minimum Gasteiger partial charge on any atom is -0.379 e. The number of carbonyl (C=O) groups is 2. The van der Waals surface area contributed by atoms with Crippen LogP contribution in [0.5, 0.6) is 0 Å². The third kappa shape index (κ3) is 7.57. The lowest BCUT2D eigenvalue weighted by Gasteiger charge is -2.29. The molecule has 0 aliphatic carbocycles. The molecule has 1 amide bonds. The fourth-order valence-electron chi connectivity index (χ4n) is 4.97. The van der Waals surface area contributed by atoms with Crippen LogP contribution in [0.3, 0.4) is 0 Å². The Hall–Kier alpha value is -1.87. The molecule has 7 nitrogen and oxygen atoms in total. The predicted octanol–water partition coefficient (Wildman–Crippen LogP) is 4.25. The largest absolute Gasteiger partial charge is 0.379 e. The summed E-state index contributed by atoms with van der Waals surface area (Å²) in [6.45, 7) is 9.69. The molecular formula is C28H44N4O3S. The van der Waals surface area contributed by atoms with Gasteiger partial charge in [-0.15, -0.1) is 0 Å². The molecule has 4 rings (SSSR count). The highest BCUT2D eigenvalue weighted by Gasteiger charge is 2.34. The average molecular weight is 517 g/mol. The minimum absolute atomic E-state index is 0.0622. The Labute approximate surface area is 220 Å². The molecule has 0 radical (unpaired) electrons. The highest BCUT2D eigenvalue weighted by molar-refractivity contribution is 8.00. The van der Waals surface area contributed by atoms with E-state index >= 15 is 0 Å². The number of hydrogen-bond acceptors (Lipinski definition) is 6. The summed E-state index contributed by atoms with van der Waals surface area (Å²) >= 11 is 1.56.